The molecule has 3 N–H and O–H groups in total. The van der Waals surface area contributed by atoms with Crippen molar-refractivity contribution in [3.05, 3.63) is 41.7 Å². The Morgan fingerprint density at radius 3 is 2.66 bits per heavy atom. The maximum atomic E-state index is 13.1. The van der Waals surface area contributed by atoms with Gasteiger partial charge in [-0.2, -0.15) is 5.10 Å². The number of nitrogens with zero attached hydrogens (tertiary/aromatic N) is 2. The number of aromatic nitrogens is 2. The molecule has 1 aliphatic carbocycles. The predicted molar refractivity (Wildman–Crippen MR) is 137 cm³/mol. The molecule has 0 spiro atoms. The van der Waals surface area contributed by atoms with Gasteiger partial charge in [-0.1, -0.05) is 31.9 Å². The van der Waals surface area contributed by atoms with Crippen LogP contribution < -0.4 is 15.4 Å². The second-order valence-electron chi connectivity index (χ2n) is 10.1. The van der Waals surface area contributed by atoms with Crippen LogP contribution in [0, 0.1) is 5.92 Å². The van der Waals surface area contributed by atoms with Crippen molar-refractivity contribution in [3.8, 4) is 16.9 Å². The molecule has 2 heterocycles. The molecule has 0 radical (unpaired) electrons. The van der Waals surface area contributed by atoms with Gasteiger partial charge in [-0.3, -0.25) is 4.79 Å². The van der Waals surface area contributed by atoms with E-state index in [1.165, 1.54) is 19.3 Å². The van der Waals surface area contributed by atoms with Crippen LogP contribution in [0.2, 0.25) is 0 Å². The second-order valence-corrected chi connectivity index (χ2v) is 10.1. The molecule has 2 aromatic rings. The number of benzene rings is 1. The Kier molecular flexibility index (Phi) is 9.10. The van der Waals surface area contributed by atoms with Crippen molar-refractivity contribution in [2.24, 2.45) is 5.92 Å². The number of carbonyl (C=O) groups excluding carboxylic acids is 1. The third-order valence-electron chi connectivity index (χ3n) is 7.38. The Labute approximate surface area is 209 Å². The average Bonchev–Trinajstić information content (AvgIpc) is 2.88. The fourth-order valence-electron chi connectivity index (χ4n) is 5.16. The molecule has 3 unspecified atom stereocenters. The van der Waals surface area contributed by atoms with E-state index < -0.39 is 6.10 Å². The smallest absolute Gasteiger partial charge is 0.272 e. The van der Waals surface area contributed by atoms with Gasteiger partial charge < -0.3 is 20.5 Å². The zero-order valence-electron chi connectivity index (χ0n) is 21.1. The molecule has 35 heavy (non-hydrogen) atoms. The topological polar surface area (TPSA) is 96.4 Å². The summed E-state index contributed by atoms with van der Waals surface area (Å²) in [5.74, 6) is 0.605. The third-order valence-corrected chi connectivity index (χ3v) is 7.38. The molecule has 7 heteroatoms. The molecule has 190 valence electrons. The maximum absolute atomic E-state index is 13.1. The Morgan fingerprint density at radius 2 is 1.94 bits per heavy atom. The standard InChI is InChI=1S/C28H40N4O3/c1-3-4-10-25-23(20-11-13-22(14-12-20)35-21-8-6-5-7-9-21)17-26(32-31-25)28(34)30-19(2)24-18-29-16-15-27(24)33/h11-14,17,19,21,24,27,29,33H,3-10,15-16,18H2,1-2H3,(H,30,34). The Balaban J connectivity index is 1.50. The van der Waals surface area contributed by atoms with Crippen LogP contribution in [0.25, 0.3) is 11.1 Å². The maximum Gasteiger partial charge on any atom is 0.272 e. The first-order chi connectivity index (χ1) is 17.0. The van der Waals surface area contributed by atoms with Gasteiger partial charge in [0.05, 0.1) is 17.9 Å². The molecule has 1 aliphatic heterocycles. The minimum absolute atomic E-state index is 0.0272. The molecule has 2 fully saturated rings. The fourth-order valence-corrected chi connectivity index (χ4v) is 5.16. The molecule has 1 amide bonds. The number of nitrogens with one attached hydrogen (secondary N) is 2. The van der Waals surface area contributed by atoms with Crippen molar-refractivity contribution in [2.75, 3.05) is 13.1 Å². The molecular weight excluding hydrogens is 440 g/mol. The quantitative estimate of drug-likeness (QED) is 0.496. The van der Waals surface area contributed by atoms with E-state index in [9.17, 15) is 9.90 Å². The lowest BCUT2D eigenvalue weighted by atomic mass is 9.90. The van der Waals surface area contributed by atoms with Crippen LogP contribution in [0.3, 0.4) is 0 Å². The summed E-state index contributed by atoms with van der Waals surface area (Å²) in [5.41, 5.74) is 3.16. The highest BCUT2D eigenvalue weighted by Gasteiger charge is 2.29. The van der Waals surface area contributed by atoms with Crippen molar-refractivity contribution in [2.45, 2.75) is 89.9 Å². The molecule has 1 aromatic heterocycles. The van der Waals surface area contributed by atoms with Crippen LogP contribution in [0.5, 0.6) is 5.75 Å². The molecule has 4 rings (SSSR count). The largest absolute Gasteiger partial charge is 0.490 e. The zero-order chi connectivity index (χ0) is 24.6. The van der Waals surface area contributed by atoms with E-state index in [4.69, 9.17) is 4.74 Å². The number of piperidine rings is 1. The van der Waals surface area contributed by atoms with E-state index >= 15 is 0 Å². The normalized spacial score (nSPS) is 21.9. The van der Waals surface area contributed by atoms with Crippen LogP contribution in [-0.4, -0.2) is 52.6 Å². The molecule has 2 aliphatic rings. The van der Waals surface area contributed by atoms with Gasteiger partial charge in [0, 0.05) is 24.1 Å². The van der Waals surface area contributed by atoms with Crippen LogP contribution in [0.1, 0.15) is 81.4 Å². The minimum atomic E-state index is -0.418. The van der Waals surface area contributed by atoms with Gasteiger partial charge in [0.15, 0.2) is 5.69 Å². The van der Waals surface area contributed by atoms with E-state index in [1.54, 1.807) is 0 Å². The monoisotopic (exact) mass is 480 g/mol. The van der Waals surface area contributed by atoms with Gasteiger partial charge in [-0.15, -0.1) is 5.10 Å². The van der Waals surface area contributed by atoms with Crippen molar-refractivity contribution in [1.82, 2.24) is 20.8 Å². The summed E-state index contributed by atoms with van der Waals surface area (Å²) in [6, 6.07) is 9.83. The first kappa shape index (κ1) is 25.6. The summed E-state index contributed by atoms with van der Waals surface area (Å²) in [6.45, 7) is 5.58. The summed E-state index contributed by atoms with van der Waals surface area (Å²) < 4.78 is 6.20. The van der Waals surface area contributed by atoms with Crippen LogP contribution in [-0.2, 0) is 6.42 Å². The zero-order valence-corrected chi connectivity index (χ0v) is 21.1. The van der Waals surface area contributed by atoms with Crippen LogP contribution >= 0.6 is 0 Å². The minimum Gasteiger partial charge on any atom is -0.490 e. The number of aliphatic hydroxyl groups excluding tert-OH is 1. The number of hydrogen-bond donors (Lipinski definition) is 3. The summed E-state index contributed by atoms with van der Waals surface area (Å²) in [6.07, 6.45) is 9.53. The SMILES string of the molecule is CCCCc1nnc(C(=O)NC(C)C2CNCCC2O)cc1-c1ccc(OC2CCCCC2)cc1. The third kappa shape index (κ3) is 6.79. The van der Waals surface area contributed by atoms with Gasteiger partial charge in [0.25, 0.3) is 5.91 Å². The number of aryl methyl sites for hydroxylation is 1. The molecule has 7 nitrogen and oxygen atoms in total. The number of hydrogen-bond acceptors (Lipinski definition) is 6. The van der Waals surface area contributed by atoms with Crippen LogP contribution in [0.15, 0.2) is 30.3 Å². The molecule has 1 saturated carbocycles. The van der Waals surface area contributed by atoms with E-state index in [-0.39, 0.29) is 17.9 Å². The molecule has 3 atom stereocenters. The number of carbonyl (C=O) groups is 1. The van der Waals surface area contributed by atoms with E-state index in [2.05, 4.69) is 39.9 Å². The number of rotatable bonds is 9. The lowest BCUT2D eigenvalue weighted by molar-refractivity contribution is 0.0574. The number of unbranched alkanes of at least 4 members (excludes halogenated alkanes) is 1. The first-order valence-electron chi connectivity index (χ1n) is 13.4. The first-order valence-corrected chi connectivity index (χ1v) is 13.4. The lowest BCUT2D eigenvalue weighted by Gasteiger charge is -2.33. The molecular formula is C28H40N4O3. The van der Waals surface area contributed by atoms with Gasteiger partial charge in [0.1, 0.15) is 5.75 Å². The van der Waals surface area contributed by atoms with E-state index in [1.807, 2.05) is 25.1 Å². The Hall–Kier alpha value is -2.51. The lowest BCUT2D eigenvalue weighted by Crippen LogP contribution is -2.51. The van der Waals surface area contributed by atoms with E-state index in [0.717, 1.165) is 61.2 Å². The molecule has 1 saturated heterocycles. The van der Waals surface area contributed by atoms with Gasteiger partial charge in [0.2, 0.25) is 0 Å². The molecule has 1 aromatic carbocycles. The predicted octanol–water partition coefficient (Wildman–Crippen LogP) is 4.29. The van der Waals surface area contributed by atoms with Crippen molar-refractivity contribution in [3.63, 3.8) is 0 Å². The second kappa shape index (κ2) is 12.5. The molecule has 0 bridgehead atoms. The summed E-state index contributed by atoms with van der Waals surface area (Å²) >= 11 is 0. The van der Waals surface area contributed by atoms with Crippen LogP contribution in [0.4, 0.5) is 0 Å². The highest BCUT2D eigenvalue weighted by Crippen LogP contribution is 2.29. The van der Waals surface area contributed by atoms with Gasteiger partial charge >= 0.3 is 0 Å². The number of ether oxygens (including phenoxy) is 1. The van der Waals surface area contributed by atoms with Gasteiger partial charge in [-0.05, 0) is 82.2 Å². The number of amides is 1. The number of aliphatic hydroxyl groups is 1. The highest BCUT2D eigenvalue weighted by molar-refractivity contribution is 5.93. The summed E-state index contributed by atoms with van der Waals surface area (Å²) in [7, 11) is 0. The summed E-state index contributed by atoms with van der Waals surface area (Å²) in [4.78, 5) is 13.1. The Bertz CT molecular complexity index is 959. The summed E-state index contributed by atoms with van der Waals surface area (Å²) in [5, 5.41) is 25.4. The van der Waals surface area contributed by atoms with Gasteiger partial charge in [-0.25, -0.2) is 0 Å². The van der Waals surface area contributed by atoms with E-state index in [0.29, 0.717) is 24.8 Å². The average molecular weight is 481 g/mol. The van der Waals surface area contributed by atoms with Crippen molar-refractivity contribution >= 4 is 5.91 Å². The Morgan fingerprint density at radius 1 is 1.17 bits per heavy atom. The highest BCUT2D eigenvalue weighted by atomic mass is 16.5. The van der Waals surface area contributed by atoms with Crippen molar-refractivity contribution < 1.29 is 14.6 Å². The van der Waals surface area contributed by atoms with Crippen molar-refractivity contribution in [1.29, 1.82) is 0 Å². The fraction of sp³-hybridized carbons (Fsp3) is 0.607.